The van der Waals surface area contributed by atoms with E-state index in [4.69, 9.17) is 0 Å². The van der Waals surface area contributed by atoms with Crippen LogP contribution >= 0.6 is 0 Å². The van der Waals surface area contributed by atoms with Crippen LogP contribution in [-0.4, -0.2) is 29.0 Å². The van der Waals surface area contributed by atoms with E-state index in [2.05, 4.69) is 25.9 Å². The highest BCUT2D eigenvalue weighted by atomic mass is 19.4. The molecule has 1 fully saturated rings. The molecule has 2 aliphatic heterocycles. The minimum absolute atomic E-state index is 0.152. The lowest BCUT2D eigenvalue weighted by Gasteiger charge is -2.26. The van der Waals surface area contributed by atoms with Gasteiger partial charge in [-0.3, -0.25) is 9.78 Å². The number of fused-ring (bicyclic) bond motifs is 1. The zero-order valence-electron chi connectivity index (χ0n) is 19.0. The number of anilines is 2. The number of hydrogen-bond acceptors (Lipinski definition) is 5. The molecular weight excluding hydrogens is 455 g/mol. The number of rotatable bonds is 4. The SMILES string of the molecule is Cc1ccc(-c2cc3c(c(Nc4ccc(C5CCNCC5)c(C(F)(F)F)c4)n2)C(=O)[N]C=C3)cn1. The highest BCUT2D eigenvalue weighted by Gasteiger charge is 2.36. The Morgan fingerprint density at radius 3 is 2.60 bits per heavy atom. The van der Waals surface area contributed by atoms with Crippen molar-refractivity contribution in [2.75, 3.05) is 18.4 Å². The Labute approximate surface area is 200 Å². The first-order valence-corrected chi connectivity index (χ1v) is 11.4. The molecule has 35 heavy (non-hydrogen) atoms. The number of pyridine rings is 2. The highest BCUT2D eigenvalue weighted by molar-refractivity contribution is 6.05. The molecule has 0 atom stereocenters. The number of halogens is 3. The smallest absolute Gasteiger partial charge is 0.340 e. The number of benzene rings is 1. The number of carbonyl (C=O) groups is 1. The van der Waals surface area contributed by atoms with Crippen molar-refractivity contribution in [1.82, 2.24) is 20.6 Å². The number of aryl methyl sites for hydroxylation is 1. The van der Waals surface area contributed by atoms with Crippen LogP contribution in [-0.2, 0) is 6.18 Å². The second-order valence-electron chi connectivity index (χ2n) is 8.71. The molecular formula is C26H23F3N5O. The van der Waals surface area contributed by atoms with Gasteiger partial charge in [0.2, 0.25) is 0 Å². The molecule has 1 aromatic carbocycles. The van der Waals surface area contributed by atoms with Crippen molar-refractivity contribution < 1.29 is 18.0 Å². The van der Waals surface area contributed by atoms with E-state index in [1.807, 2.05) is 19.1 Å². The maximum atomic E-state index is 14.0. The quantitative estimate of drug-likeness (QED) is 0.524. The van der Waals surface area contributed by atoms with Crippen molar-refractivity contribution in [3.05, 3.63) is 76.7 Å². The molecule has 1 amide bonds. The maximum absolute atomic E-state index is 14.0. The number of aromatic nitrogens is 2. The monoisotopic (exact) mass is 478 g/mol. The molecule has 9 heteroatoms. The Bertz CT molecular complexity index is 1300. The number of carbonyl (C=O) groups excluding carboxylic acids is 1. The zero-order chi connectivity index (χ0) is 24.6. The van der Waals surface area contributed by atoms with E-state index in [-0.39, 0.29) is 23.0 Å². The number of amides is 1. The number of hydrogen-bond donors (Lipinski definition) is 2. The lowest BCUT2D eigenvalue weighted by Crippen LogP contribution is -2.27. The van der Waals surface area contributed by atoms with Crippen molar-refractivity contribution in [3.63, 3.8) is 0 Å². The standard InChI is InChI=1S/C26H23F3N5O/c1-15-2-3-18(14-32-15)22-12-17-8-11-31-25(35)23(17)24(34-22)33-19-4-5-20(16-6-9-30-10-7-16)21(13-19)26(27,28)29/h2-5,8,11-14,16,30H,6-7,9-10H2,1H3,(H,33,34). The van der Waals surface area contributed by atoms with Crippen LogP contribution in [0.25, 0.3) is 17.3 Å². The van der Waals surface area contributed by atoms with E-state index in [1.54, 1.807) is 24.4 Å². The summed E-state index contributed by atoms with van der Waals surface area (Å²) in [5, 5.41) is 9.98. The predicted molar refractivity (Wildman–Crippen MR) is 127 cm³/mol. The van der Waals surface area contributed by atoms with Crippen LogP contribution in [0.15, 0.2) is 48.8 Å². The van der Waals surface area contributed by atoms with Gasteiger partial charge in [-0.1, -0.05) is 6.07 Å². The van der Waals surface area contributed by atoms with E-state index in [0.717, 1.165) is 17.3 Å². The molecule has 6 nitrogen and oxygen atoms in total. The molecule has 0 unspecified atom stereocenters. The van der Waals surface area contributed by atoms with Crippen LogP contribution < -0.4 is 16.0 Å². The summed E-state index contributed by atoms with van der Waals surface area (Å²) in [6, 6.07) is 9.70. The lowest BCUT2D eigenvalue weighted by atomic mass is 9.86. The van der Waals surface area contributed by atoms with E-state index >= 15 is 0 Å². The average Bonchev–Trinajstić information content (AvgIpc) is 2.84. The third kappa shape index (κ3) is 4.77. The summed E-state index contributed by atoms with van der Waals surface area (Å²) in [6.07, 6.45) is 1.55. The Hall–Kier alpha value is -3.72. The van der Waals surface area contributed by atoms with Crippen molar-refractivity contribution in [1.29, 1.82) is 0 Å². The molecule has 4 heterocycles. The Balaban J connectivity index is 1.57. The molecule has 2 aliphatic rings. The third-order valence-electron chi connectivity index (χ3n) is 6.32. The minimum atomic E-state index is -4.51. The highest BCUT2D eigenvalue weighted by Crippen LogP contribution is 2.40. The maximum Gasteiger partial charge on any atom is 0.416 e. The Morgan fingerprint density at radius 2 is 1.89 bits per heavy atom. The topological polar surface area (TPSA) is 81.0 Å². The molecule has 0 saturated carbocycles. The molecule has 0 bridgehead atoms. The van der Waals surface area contributed by atoms with Crippen molar-refractivity contribution in [2.45, 2.75) is 31.9 Å². The van der Waals surface area contributed by atoms with Crippen molar-refractivity contribution >= 4 is 23.5 Å². The van der Waals surface area contributed by atoms with E-state index < -0.39 is 17.6 Å². The summed E-state index contributed by atoms with van der Waals surface area (Å²) in [5.41, 5.74) is 2.74. The summed E-state index contributed by atoms with van der Waals surface area (Å²) >= 11 is 0. The van der Waals surface area contributed by atoms with Crippen LogP contribution in [0.5, 0.6) is 0 Å². The van der Waals surface area contributed by atoms with Gasteiger partial charge in [0.25, 0.3) is 5.91 Å². The summed E-state index contributed by atoms with van der Waals surface area (Å²) < 4.78 is 42.1. The molecule has 2 N–H and O–H groups in total. The normalized spacial score (nSPS) is 16.1. The van der Waals surface area contributed by atoms with Crippen molar-refractivity contribution in [2.24, 2.45) is 0 Å². The minimum Gasteiger partial charge on any atom is -0.340 e. The molecule has 1 radical (unpaired) electrons. The second-order valence-corrected chi connectivity index (χ2v) is 8.71. The summed E-state index contributed by atoms with van der Waals surface area (Å²) in [4.78, 5) is 21.5. The first-order chi connectivity index (χ1) is 16.8. The fraction of sp³-hybridized carbons (Fsp3) is 0.269. The van der Waals surface area contributed by atoms with Crippen molar-refractivity contribution in [3.8, 4) is 11.3 Å². The first kappa shape index (κ1) is 23.0. The summed E-state index contributed by atoms with van der Waals surface area (Å²) in [5.74, 6) is -0.511. The van der Waals surface area contributed by atoms with Crippen LogP contribution in [0.2, 0.25) is 0 Å². The molecule has 0 aliphatic carbocycles. The Morgan fingerprint density at radius 1 is 1.09 bits per heavy atom. The number of nitrogens with one attached hydrogen (secondary N) is 2. The number of piperidine rings is 1. The van der Waals surface area contributed by atoms with Crippen LogP contribution in [0, 0.1) is 6.92 Å². The van der Waals surface area contributed by atoms with Crippen LogP contribution in [0.4, 0.5) is 24.7 Å². The predicted octanol–water partition coefficient (Wildman–Crippen LogP) is 5.41. The van der Waals surface area contributed by atoms with Gasteiger partial charge in [0.15, 0.2) is 0 Å². The van der Waals surface area contributed by atoms with Gasteiger partial charge in [0.05, 0.1) is 16.8 Å². The number of alkyl halides is 3. The van der Waals surface area contributed by atoms with Gasteiger partial charge in [-0.15, -0.1) is 0 Å². The summed E-state index contributed by atoms with van der Waals surface area (Å²) in [7, 11) is 0. The summed E-state index contributed by atoms with van der Waals surface area (Å²) in [6.45, 7) is 3.25. The molecule has 2 aromatic heterocycles. The molecule has 179 valence electrons. The largest absolute Gasteiger partial charge is 0.416 e. The average molecular weight is 478 g/mol. The number of nitrogens with zero attached hydrogens (tertiary/aromatic N) is 3. The lowest BCUT2D eigenvalue weighted by molar-refractivity contribution is -0.138. The van der Waals surface area contributed by atoms with E-state index in [1.165, 1.54) is 12.3 Å². The molecule has 1 saturated heterocycles. The van der Waals surface area contributed by atoms with Crippen LogP contribution in [0.3, 0.4) is 0 Å². The van der Waals surface area contributed by atoms with Gasteiger partial charge in [-0.25, -0.2) is 10.3 Å². The van der Waals surface area contributed by atoms with Gasteiger partial charge >= 0.3 is 6.18 Å². The Kier molecular flexibility index (Phi) is 6.02. The van der Waals surface area contributed by atoms with Gasteiger partial charge in [0, 0.05) is 29.3 Å². The van der Waals surface area contributed by atoms with Gasteiger partial charge in [-0.2, -0.15) is 13.2 Å². The fourth-order valence-corrected chi connectivity index (χ4v) is 4.53. The van der Waals surface area contributed by atoms with Gasteiger partial charge in [-0.05, 0) is 86.3 Å². The molecule has 3 aromatic rings. The van der Waals surface area contributed by atoms with Gasteiger partial charge in [0.1, 0.15) is 5.82 Å². The van der Waals surface area contributed by atoms with Gasteiger partial charge < -0.3 is 10.6 Å². The first-order valence-electron chi connectivity index (χ1n) is 11.4. The fourth-order valence-electron chi connectivity index (χ4n) is 4.53. The molecule has 0 spiro atoms. The van der Waals surface area contributed by atoms with E-state index in [9.17, 15) is 18.0 Å². The molecule has 5 rings (SSSR count). The third-order valence-corrected chi connectivity index (χ3v) is 6.32. The van der Waals surface area contributed by atoms with E-state index in [0.29, 0.717) is 42.8 Å². The zero-order valence-corrected chi connectivity index (χ0v) is 19.0. The second kappa shape index (κ2) is 9.14. The van der Waals surface area contributed by atoms with Crippen LogP contribution in [0.1, 0.15) is 51.5 Å².